The number of ether oxygens (including phenoxy) is 2. The lowest BCUT2D eigenvalue weighted by molar-refractivity contribution is -0.116. The first kappa shape index (κ1) is 18.9. The fourth-order valence-corrected chi connectivity index (χ4v) is 2.77. The Hall–Kier alpha value is -3.87. The van der Waals surface area contributed by atoms with Gasteiger partial charge in [-0.3, -0.25) is 19.0 Å². The number of benzene rings is 1. The number of nitrogens with zero attached hydrogens (tertiary/aromatic N) is 3. The molecule has 0 unspecified atom stereocenters. The van der Waals surface area contributed by atoms with Gasteiger partial charge >= 0.3 is 5.69 Å². The van der Waals surface area contributed by atoms with E-state index in [-0.39, 0.29) is 35.9 Å². The normalized spacial score (nSPS) is 11.8. The van der Waals surface area contributed by atoms with E-state index in [2.05, 4.69) is 5.32 Å². The minimum atomic E-state index is -0.857. The van der Waals surface area contributed by atoms with Crippen molar-refractivity contribution in [2.24, 2.45) is 0 Å². The Morgan fingerprint density at radius 3 is 2.54 bits per heavy atom. The van der Waals surface area contributed by atoms with Gasteiger partial charge in [-0.2, -0.15) is 5.26 Å². The summed E-state index contributed by atoms with van der Waals surface area (Å²) in [5, 5.41) is 11.6. The molecule has 2 heterocycles. The van der Waals surface area contributed by atoms with Gasteiger partial charge in [-0.25, -0.2) is 9.36 Å². The molecule has 0 radical (unpaired) electrons. The quantitative estimate of drug-likeness (QED) is 0.741. The predicted octanol–water partition coefficient (Wildman–Crippen LogP) is 0.472. The van der Waals surface area contributed by atoms with Crippen LogP contribution in [0.15, 0.2) is 27.9 Å². The molecule has 1 aliphatic heterocycles. The summed E-state index contributed by atoms with van der Waals surface area (Å²) in [7, 11) is 0. The van der Waals surface area contributed by atoms with Crippen molar-refractivity contribution in [2.45, 2.75) is 26.9 Å². The zero-order valence-corrected chi connectivity index (χ0v) is 15.1. The largest absolute Gasteiger partial charge is 0.454 e. The van der Waals surface area contributed by atoms with Crippen LogP contribution in [0.25, 0.3) is 0 Å². The van der Waals surface area contributed by atoms with E-state index < -0.39 is 23.7 Å². The number of carbonyl (C=O) groups excluding carboxylic acids is 2. The van der Waals surface area contributed by atoms with E-state index in [1.807, 2.05) is 0 Å². The summed E-state index contributed by atoms with van der Waals surface area (Å²) in [5.41, 5.74) is -1.45. The van der Waals surface area contributed by atoms with Crippen molar-refractivity contribution in [3.05, 3.63) is 50.3 Å². The molecular weight excluding hydrogens is 368 g/mol. The van der Waals surface area contributed by atoms with Crippen LogP contribution in [-0.4, -0.2) is 27.6 Å². The molecule has 2 aromatic rings. The average molecular weight is 384 g/mol. The topological polar surface area (TPSA) is 132 Å². The zero-order chi connectivity index (χ0) is 20.4. The van der Waals surface area contributed by atoms with Crippen LogP contribution in [-0.2, 0) is 17.9 Å². The van der Waals surface area contributed by atoms with Crippen LogP contribution >= 0.6 is 0 Å². The molecule has 1 N–H and O–H groups in total. The molecule has 0 bridgehead atoms. The summed E-state index contributed by atoms with van der Waals surface area (Å²) in [6, 6.07) is 4.60. The van der Waals surface area contributed by atoms with E-state index in [1.54, 1.807) is 13.0 Å². The lowest BCUT2D eigenvalue weighted by Gasteiger charge is -2.12. The Kier molecular flexibility index (Phi) is 5.00. The molecule has 1 amide bonds. The van der Waals surface area contributed by atoms with Gasteiger partial charge in [0.25, 0.3) is 5.56 Å². The van der Waals surface area contributed by atoms with Crippen molar-refractivity contribution in [2.75, 3.05) is 12.1 Å². The minimum Gasteiger partial charge on any atom is -0.454 e. The molecule has 1 aromatic carbocycles. The van der Waals surface area contributed by atoms with E-state index in [0.29, 0.717) is 16.1 Å². The molecule has 10 heteroatoms. The molecule has 1 aliphatic rings. The van der Waals surface area contributed by atoms with Crippen LogP contribution in [0.1, 0.15) is 29.8 Å². The third-order valence-electron chi connectivity index (χ3n) is 4.17. The summed E-state index contributed by atoms with van der Waals surface area (Å²) in [6.45, 7) is 2.61. The maximum Gasteiger partial charge on any atom is 0.331 e. The van der Waals surface area contributed by atoms with Gasteiger partial charge in [-0.1, -0.05) is 0 Å². The van der Waals surface area contributed by atoms with Crippen molar-refractivity contribution < 1.29 is 19.1 Å². The highest BCUT2D eigenvalue weighted by atomic mass is 16.7. The minimum absolute atomic E-state index is 0.00299. The molecular formula is C18H16N4O6. The molecule has 28 heavy (non-hydrogen) atoms. The molecule has 0 aliphatic carbocycles. The average Bonchev–Trinajstić information content (AvgIpc) is 3.12. The Morgan fingerprint density at radius 2 is 1.93 bits per heavy atom. The number of rotatable bonds is 5. The number of ketones is 1. The second-order valence-electron chi connectivity index (χ2n) is 5.97. The molecule has 0 saturated carbocycles. The number of aromatic nitrogens is 2. The summed E-state index contributed by atoms with van der Waals surface area (Å²) >= 11 is 0. The standard InChI is InChI=1S/C18H16N4O6/c1-3-21-7-11(6-19)17(25)22(18(21)26)8-16(24)20-13-5-15-14(27-9-28-15)4-12(13)10(2)23/h4-5,7H,3,8-9H2,1-2H3,(H,20,24). The van der Waals surface area contributed by atoms with Crippen molar-refractivity contribution in [3.8, 4) is 17.6 Å². The smallest absolute Gasteiger partial charge is 0.331 e. The van der Waals surface area contributed by atoms with E-state index in [1.165, 1.54) is 19.1 Å². The third-order valence-corrected chi connectivity index (χ3v) is 4.17. The molecule has 0 spiro atoms. The Bertz CT molecular complexity index is 1140. The van der Waals surface area contributed by atoms with Crippen molar-refractivity contribution in [3.63, 3.8) is 0 Å². The monoisotopic (exact) mass is 384 g/mol. The number of hydrogen-bond donors (Lipinski definition) is 1. The second-order valence-corrected chi connectivity index (χ2v) is 5.97. The number of aryl methyl sites for hydroxylation is 1. The number of hydrogen-bond acceptors (Lipinski definition) is 7. The molecule has 144 valence electrons. The number of fused-ring (bicyclic) bond motifs is 1. The van der Waals surface area contributed by atoms with Crippen LogP contribution in [0, 0.1) is 11.3 Å². The molecule has 0 fully saturated rings. The number of carbonyl (C=O) groups is 2. The van der Waals surface area contributed by atoms with E-state index in [9.17, 15) is 19.2 Å². The van der Waals surface area contributed by atoms with Gasteiger partial charge in [0, 0.05) is 24.4 Å². The van der Waals surface area contributed by atoms with Gasteiger partial charge in [0.1, 0.15) is 18.2 Å². The van der Waals surface area contributed by atoms with Crippen LogP contribution in [0.3, 0.4) is 0 Å². The van der Waals surface area contributed by atoms with Crippen LogP contribution in [0.4, 0.5) is 5.69 Å². The van der Waals surface area contributed by atoms with Crippen molar-refractivity contribution in [1.82, 2.24) is 9.13 Å². The predicted molar refractivity (Wildman–Crippen MR) is 96.6 cm³/mol. The number of nitrogens with one attached hydrogen (secondary N) is 1. The summed E-state index contributed by atoms with van der Waals surface area (Å²) < 4.78 is 12.3. The maximum absolute atomic E-state index is 12.5. The first-order valence-corrected chi connectivity index (χ1v) is 8.34. The molecule has 1 aromatic heterocycles. The lowest BCUT2D eigenvalue weighted by atomic mass is 10.1. The fraction of sp³-hybridized carbons (Fsp3) is 0.278. The van der Waals surface area contributed by atoms with Crippen LogP contribution < -0.4 is 26.0 Å². The van der Waals surface area contributed by atoms with Crippen molar-refractivity contribution in [1.29, 1.82) is 5.26 Å². The maximum atomic E-state index is 12.5. The van der Waals surface area contributed by atoms with Gasteiger partial charge in [0.05, 0.1) is 5.69 Å². The highest BCUT2D eigenvalue weighted by Gasteiger charge is 2.21. The summed E-state index contributed by atoms with van der Waals surface area (Å²) in [6.07, 6.45) is 1.16. The van der Waals surface area contributed by atoms with Crippen LogP contribution in [0.5, 0.6) is 11.5 Å². The zero-order valence-electron chi connectivity index (χ0n) is 15.1. The number of Topliss-reactive ketones (excluding diaryl/α,β-unsaturated/α-hetero) is 1. The summed E-state index contributed by atoms with van der Waals surface area (Å²) in [5.74, 6) is -0.284. The SMILES string of the molecule is CCn1cc(C#N)c(=O)n(CC(=O)Nc2cc3c(cc2C(C)=O)OCO3)c1=O. The number of anilines is 1. The number of nitriles is 1. The van der Waals surface area contributed by atoms with Crippen LogP contribution in [0.2, 0.25) is 0 Å². The van der Waals surface area contributed by atoms with Gasteiger partial charge in [-0.05, 0) is 19.9 Å². The van der Waals surface area contributed by atoms with Gasteiger partial charge in [0.2, 0.25) is 12.7 Å². The first-order chi connectivity index (χ1) is 13.3. The Balaban J connectivity index is 1.94. The highest BCUT2D eigenvalue weighted by molar-refractivity contribution is 6.04. The van der Waals surface area contributed by atoms with Crippen molar-refractivity contribution >= 4 is 17.4 Å². The van der Waals surface area contributed by atoms with E-state index >= 15 is 0 Å². The Morgan fingerprint density at radius 1 is 1.25 bits per heavy atom. The van der Waals surface area contributed by atoms with Gasteiger partial charge in [0.15, 0.2) is 17.3 Å². The Labute approximate surface area is 158 Å². The lowest BCUT2D eigenvalue weighted by Crippen LogP contribution is -2.43. The highest BCUT2D eigenvalue weighted by Crippen LogP contribution is 2.37. The molecule has 3 rings (SSSR count). The van der Waals surface area contributed by atoms with E-state index in [4.69, 9.17) is 14.7 Å². The van der Waals surface area contributed by atoms with E-state index in [0.717, 1.165) is 10.8 Å². The first-order valence-electron chi connectivity index (χ1n) is 8.34. The molecule has 0 saturated heterocycles. The molecule has 10 nitrogen and oxygen atoms in total. The fourth-order valence-electron chi connectivity index (χ4n) is 2.77. The third kappa shape index (κ3) is 3.37. The number of amides is 1. The second kappa shape index (κ2) is 7.40. The van der Waals surface area contributed by atoms with Gasteiger partial charge < -0.3 is 14.8 Å². The molecule has 0 atom stereocenters. The van der Waals surface area contributed by atoms with Gasteiger partial charge in [-0.15, -0.1) is 0 Å². The summed E-state index contributed by atoms with van der Waals surface area (Å²) in [4.78, 5) is 49.0.